The highest BCUT2D eigenvalue weighted by Crippen LogP contribution is 2.32. The Morgan fingerprint density at radius 2 is 1.75 bits per heavy atom. The zero-order valence-electron chi connectivity index (χ0n) is 15.2. The van der Waals surface area contributed by atoms with Gasteiger partial charge in [-0.1, -0.05) is 23.2 Å². The average Bonchev–Trinajstić information content (AvgIpc) is 3.13. The number of aryl methyl sites for hydroxylation is 1. The van der Waals surface area contributed by atoms with Crippen LogP contribution in [0.1, 0.15) is 33.6 Å². The van der Waals surface area contributed by atoms with Gasteiger partial charge in [-0.25, -0.2) is 8.42 Å². The summed E-state index contributed by atoms with van der Waals surface area (Å²) in [5.41, 5.74) is 2.00. The number of halogens is 2. The molecule has 1 aromatic heterocycles. The minimum Gasteiger partial charge on any atom is -0.336 e. The fourth-order valence-electron chi connectivity index (χ4n) is 3.79. The molecule has 1 saturated heterocycles. The normalized spacial score (nSPS) is 18.1. The third-order valence-corrected chi connectivity index (χ3v) is 9.03. The molecule has 0 N–H and O–H groups in total. The van der Waals surface area contributed by atoms with Gasteiger partial charge >= 0.3 is 0 Å². The van der Waals surface area contributed by atoms with Crippen molar-refractivity contribution in [1.29, 1.82) is 0 Å². The molecule has 2 aromatic rings. The molecule has 1 aliphatic heterocycles. The van der Waals surface area contributed by atoms with E-state index in [2.05, 4.69) is 0 Å². The first-order chi connectivity index (χ1) is 13.4. The van der Waals surface area contributed by atoms with Crippen LogP contribution in [0.3, 0.4) is 0 Å². The number of benzene rings is 1. The number of hydrogen-bond acceptors (Lipinski definition) is 4. The molecule has 2 aliphatic rings. The molecule has 5 nitrogen and oxygen atoms in total. The van der Waals surface area contributed by atoms with Crippen LogP contribution in [0, 0.1) is 0 Å². The Kier molecular flexibility index (Phi) is 5.73. The van der Waals surface area contributed by atoms with Crippen LogP contribution in [0.2, 0.25) is 10.0 Å². The van der Waals surface area contributed by atoms with Crippen molar-refractivity contribution in [2.45, 2.75) is 30.6 Å². The van der Waals surface area contributed by atoms with Gasteiger partial charge in [-0.2, -0.15) is 4.31 Å². The molecule has 0 radical (unpaired) electrons. The van der Waals surface area contributed by atoms with Gasteiger partial charge in [-0.15, -0.1) is 11.3 Å². The van der Waals surface area contributed by atoms with Crippen molar-refractivity contribution in [1.82, 2.24) is 9.21 Å². The van der Waals surface area contributed by atoms with E-state index < -0.39 is 10.0 Å². The zero-order valence-corrected chi connectivity index (χ0v) is 18.3. The first-order valence-electron chi connectivity index (χ1n) is 9.21. The third kappa shape index (κ3) is 3.71. The van der Waals surface area contributed by atoms with Gasteiger partial charge in [0.2, 0.25) is 10.0 Å². The van der Waals surface area contributed by atoms with Crippen LogP contribution in [0.15, 0.2) is 28.5 Å². The van der Waals surface area contributed by atoms with E-state index in [1.54, 1.807) is 22.3 Å². The third-order valence-electron chi connectivity index (χ3n) is 5.33. The fraction of sp³-hybridized carbons (Fsp3) is 0.421. The van der Waals surface area contributed by atoms with Crippen LogP contribution < -0.4 is 0 Å². The van der Waals surface area contributed by atoms with Crippen molar-refractivity contribution in [2.24, 2.45) is 0 Å². The Labute approximate surface area is 178 Å². The zero-order chi connectivity index (χ0) is 19.9. The topological polar surface area (TPSA) is 57.7 Å². The number of thiophene rings is 1. The highest BCUT2D eigenvalue weighted by molar-refractivity contribution is 7.89. The molecule has 1 aliphatic carbocycles. The quantitative estimate of drug-likeness (QED) is 0.695. The molecule has 0 saturated carbocycles. The molecular formula is C19H20Cl2N2O3S2. The number of sulfonamides is 1. The average molecular weight is 459 g/mol. The van der Waals surface area contributed by atoms with Gasteiger partial charge in [-0.3, -0.25) is 4.79 Å². The van der Waals surface area contributed by atoms with E-state index in [-0.39, 0.29) is 28.9 Å². The molecule has 9 heteroatoms. The molecule has 0 bridgehead atoms. The predicted molar refractivity (Wildman–Crippen MR) is 112 cm³/mol. The van der Waals surface area contributed by atoms with Gasteiger partial charge in [0.15, 0.2) is 0 Å². The summed E-state index contributed by atoms with van der Waals surface area (Å²) in [6.07, 6.45) is 4.32. The lowest BCUT2D eigenvalue weighted by atomic mass is 9.95. The predicted octanol–water partition coefficient (Wildman–Crippen LogP) is 4.08. The number of piperazine rings is 1. The number of amides is 1. The van der Waals surface area contributed by atoms with Gasteiger partial charge < -0.3 is 4.90 Å². The van der Waals surface area contributed by atoms with Gasteiger partial charge in [0.25, 0.3) is 5.91 Å². The Bertz CT molecular complexity index is 1010. The molecule has 0 spiro atoms. The Morgan fingerprint density at radius 3 is 2.50 bits per heavy atom. The number of carbonyl (C=O) groups is 1. The molecule has 1 amide bonds. The minimum atomic E-state index is -3.75. The van der Waals surface area contributed by atoms with Crippen molar-refractivity contribution < 1.29 is 13.2 Å². The fourth-order valence-corrected chi connectivity index (χ4v) is 7.07. The van der Waals surface area contributed by atoms with E-state index in [0.717, 1.165) is 24.8 Å². The van der Waals surface area contributed by atoms with Crippen molar-refractivity contribution >= 4 is 50.5 Å². The molecule has 1 aromatic carbocycles. The van der Waals surface area contributed by atoms with Crippen LogP contribution >= 0.6 is 34.5 Å². The molecule has 0 atom stereocenters. The van der Waals surface area contributed by atoms with Crippen LogP contribution in [-0.2, 0) is 22.9 Å². The van der Waals surface area contributed by atoms with Crippen LogP contribution in [0.25, 0.3) is 0 Å². The Hall–Kier alpha value is -1.12. The molecule has 150 valence electrons. The summed E-state index contributed by atoms with van der Waals surface area (Å²) in [6.45, 7) is 1.20. The van der Waals surface area contributed by atoms with Crippen molar-refractivity contribution in [3.8, 4) is 0 Å². The summed E-state index contributed by atoms with van der Waals surface area (Å²) in [5.74, 6) is 0.0113. The second-order valence-electron chi connectivity index (χ2n) is 7.03. The smallest absolute Gasteiger partial charge is 0.255 e. The summed E-state index contributed by atoms with van der Waals surface area (Å²) >= 11 is 13.7. The van der Waals surface area contributed by atoms with E-state index in [4.69, 9.17) is 23.2 Å². The largest absolute Gasteiger partial charge is 0.336 e. The lowest BCUT2D eigenvalue weighted by molar-refractivity contribution is 0.0697. The minimum absolute atomic E-state index is 0.00773. The SMILES string of the molecule is O=C(c1csc2c1CCCC2)N1CCN(S(=O)(=O)c2cc(Cl)ccc2Cl)CC1. The number of fused-ring (bicyclic) bond motifs is 1. The van der Waals surface area contributed by atoms with Crippen molar-refractivity contribution in [3.63, 3.8) is 0 Å². The van der Waals surface area contributed by atoms with Crippen molar-refractivity contribution in [3.05, 3.63) is 49.6 Å². The van der Waals surface area contributed by atoms with E-state index in [1.807, 2.05) is 5.38 Å². The summed E-state index contributed by atoms with van der Waals surface area (Å²) in [5, 5.41) is 2.43. The van der Waals surface area contributed by atoms with Gasteiger partial charge in [-0.05, 0) is 49.4 Å². The maximum Gasteiger partial charge on any atom is 0.255 e. The number of nitrogens with zero attached hydrogens (tertiary/aromatic N) is 2. The molecular weight excluding hydrogens is 439 g/mol. The highest BCUT2D eigenvalue weighted by atomic mass is 35.5. The first kappa shape index (κ1) is 20.2. The number of carbonyl (C=O) groups excluding carboxylic acids is 1. The summed E-state index contributed by atoms with van der Waals surface area (Å²) in [7, 11) is -3.75. The lowest BCUT2D eigenvalue weighted by Gasteiger charge is -2.34. The van der Waals surface area contributed by atoms with E-state index >= 15 is 0 Å². The van der Waals surface area contributed by atoms with E-state index in [0.29, 0.717) is 18.1 Å². The Morgan fingerprint density at radius 1 is 1.04 bits per heavy atom. The first-order valence-corrected chi connectivity index (χ1v) is 12.3. The summed E-state index contributed by atoms with van der Waals surface area (Å²) < 4.78 is 27.2. The van der Waals surface area contributed by atoms with Crippen molar-refractivity contribution in [2.75, 3.05) is 26.2 Å². The Balaban J connectivity index is 1.48. The van der Waals surface area contributed by atoms with Crippen LogP contribution in [0.5, 0.6) is 0 Å². The molecule has 1 fully saturated rings. The van der Waals surface area contributed by atoms with Crippen LogP contribution in [0.4, 0.5) is 0 Å². The maximum atomic E-state index is 13.0. The van der Waals surface area contributed by atoms with Crippen LogP contribution in [-0.4, -0.2) is 49.7 Å². The van der Waals surface area contributed by atoms with Gasteiger partial charge in [0, 0.05) is 41.5 Å². The maximum absolute atomic E-state index is 13.0. The molecule has 2 heterocycles. The molecule has 4 rings (SSSR count). The van der Waals surface area contributed by atoms with Gasteiger partial charge in [0.05, 0.1) is 10.6 Å². The second-order valence-corrected chi connectivity index (χ2v) is 10.7. The molecule has 28 heavy (non-hydrogen) atoms. The highest BCUT2D eigenvalue weighted by Gasteiger charge is 2.33. The summed E-state index contributed by atoms with van der Waals surface area (Å²) in [4.78, 5) is 16.1. The lowest BCUT2D eigenvalue weighted by Crippen LogP contribution is -2.50. The van der Waals surface area contributed by atoms with E-state index in [1.165, 1.54) is 33.3 Å². The van der Waals surface area contributed by atoms with Gasteiger partial charge in [0.1, 0.15) is 4.90 Å². The second kappa shape index (κ2) is 7.95. The monoisotopic (exact) mass is 458 g/mol. The number of hydrogen-bond donors (Lipinski definition) is 0. The van der Waals surface area contributed by atoms with E-state index in [9.17, 15) is 13.2 Å². The standard InChI is InChI=1S/C19H20Cl2N2O3S2/c20-13-5-6-16(21)18(11-13)28(25,26)23-9-7-22(8-10-23)19(24)15-12-27-17-4-2-1-3-14(15)17/h5-6,11-12H,1-4,7-10H2. The summed E-state index contributed by atoms with van der Waals surface area (Å²) in [6, 6.07) is 4.41. The number of rotatable bonds is 3. The molecule has 0 unspecified atom stereocenters.